The number of hydrogen-bond acceptors (Lipinski definition) is 3. The standard InChI is InChI=1S/C17H25BrO3/c1-20-17(19)15-10-9-11-16(14-15)21-13-8-6-4-2-3-5-7-12-18/h9-11,14H,2-8,12-13H2,1H3. The second-order valence-electron chi connectivity index (χ2n) is 5.03. The number of rotatable bonds is 11. The van der Waals surface area contributed by atoms with E-state index in [1.165, 1.54) is 45.6 Å². The number of unbranched alkanes of at least 4 members (excludes halogenated alkanes) is 6. The van der Waals surface area contributed by atoms with Gasteiger partial charge in [-0.3, -0.25) is 0 Å². The van der Waals surface area contributed by atoms with Crippen LogP contribution in [-0.4, -0.2) is 25.0 Å². The molecule has 0 fully saturated rings. The summed E-state index contributed by atoms with van der Waals surface area (Å²) in [6.45, 7) is 0.700. The molecule has 0 bridgehead atoms. The number of carbonyl (C=O) groups is 1. The van der Waals surface area contributed by atoms with Gasteiger partial charge in [0.15, 0.2) is 0 Å². The summed E-state index contributed by atoms with van der Waals surface area (Å²) >= 11 is 3.45. The molecule has 3 nitrogen and oxygen atoms in total. The zero-order chi connectivity index (χ0) is 15.3. The van der Waals surface area contributed by atoms with Gasteiger partial charge in [0, 0.05) is 5.33 Å². The summed E-state index contributed by atoms with van der Waals surface area (Å²) in [4.78, 5) is 11.4. The highest BCUT2D eigenvalue weighted by atomic mass is 79.9. The molecule has 0 heterocycles. The zero-order valence-corrected chi connectivity index (χ0v) is 14.4. The molecule has 0 aliphatic rings. The lowest BCUT2D eigenvalue weighted by molar-refractivity contribution is 0.0600. The largest absolute Gasteiger partial charge is 0.494 e. The van der Waals surface area contributed by atoms with Gasteiger partial charge in [-0.05, 0) is 31.0 Å². The fraction of sp³-hybridized carbons (Fsp3) is 0.588. The van der Waals surface area contributed by atoms with Crippen molar-refractivity contribution in [3.05, 3.63) is 29.8 Å². The third kappa shape index (κ3) is 8.10. The minimum atomic E-state index is -0.330. The summed E-state index contributed by atoms with van der Waals surface area (Å²) in [5, 5.41) is 1.12. The molecule has 4 heteroatoms. The molecular formula is C17H25BrO3. The predicted molar refractivity (Wildman–Crippen MR) is 89.4 cm³/mol. The maximum absolute atomic E-state index is 11.4. The molecule has 118 valence electrons. The Kier molecular flexibility index (Phi) is 9.96. The summed E-state index contributed by atoms with van der Waals surface area (Å²) in [6.07, 6.45) is 8.76. The SMILES string of the molecule is COC(=O)c1cccc(OCCCCCCCCCBr)c1. The van der Waals surface area contributed by atoms with E-state index in [-0.39, 0.29) is 5.97 Å². The Hall–Kier alpha value is -1.03. The molecule has 0 aliphatic heterocycles. The maximum atomic E-state index is 11.4. The smallest absolute Gasteiger partial charge is 0.337 e. The van der Waals surface area contributed by atoms with Crippen LogP contribution in [0, 0.1) is 0 Å². The van der Waals surface area contributed by atoms with E-state index in [4.69, 9.17) is 9.47 Å². The minimum Gasteiger partial charge on any atom is -0.494 e. The second kappa shape index (κ2) is 11.6. The monoisotopic (exact) mass is 356 g/mol. The molecule has 0 spiro atoms. The molecule has 1 aromatic rings. The number of benzene rings is 1. The lowest BCUT2D eigenvalue weighted by Crippen LogP contribution is -2.02. The Morgan fingerprint density at radius 2 is 1.71 bits per heavy atom. The van der Waals surface area contributed by atoms with Crippen molar-refractivity contribution in [2.45, 2.75) is 44.9 Å². The Bertz CT molecular complexity index is 407. The number of ether oxygens (including phenoxy) is 2. The first-order chi connectivity index (χ1) is 10.3. The summed E-state index contributed by atoms with van der Waals surface area (Å²) < 4.78 is 10.4. The van der Waals surface area contributed by atoms with Crippen molar-refractivity contribution < 1.29 is 14.3 Å². The van der Waals surface area contributed by atoms with E-state index in [9.17, 15) is 4.79 Å². The van der Waals surface area contributed by atoms with Crippen LogP contribution in [0.2, 0.25) is 0 Å². The van der Waals surface area contributed by atoms with Crippen LogP contribution in [0.15, 0.2) is 24.3 Å². The molecule has 0 aromatic heterocycles. The van der Waals surface area contributed by atoms with Crippen LogP contribution in [0.4, 0.5) is 0 Å². The number of hydrogen-bond donors (Lipinski definition) is 0. The quantitative estimate of drug-likeness (QED) is 0.318. The molecule has 1 rings (SSSR count). The molecule has 0 radical (unpaired) electrons. The van der Waals surface area contributed by atoms with Gasteiger partial charge in [0.05, 0.1) is 19.3 Å². The van der Waals surface area contributed by atoms with Crippen LogP contribution in [-0.2, 0) is 4.74 Å². The number of alkyl halides is 1. The van der Waals surface area contributed by atoms with Crippen molar-refractivity contribution >= 4 is 21.9 Å². The predicted octanol–water partition coefficient (Wildman–Crippen LogP) is 4.98. The molecule has 0 amide bonds. The average Bonchev–Trinajstić information content (AvgIpc) is 2.53. The first kappa shape index (κ1) is 18.0. The van der Waals surface area contributed by atoms with Crippen molar-refractivity contribution in [1.29, 1.82) is 0 Å². The fourth-order valence-corrected chi connectivity index (χ4v) is 2.50. The van der Waals surface area contributed by atoms with Gasteiger partial charge in [-0.2, -0.15) is 0 Å². The first-order valence-corrected chi connectivity index (χ1v) is 8.77. The summed E-state index contributed by atoms with van der Waals surface area (Å²) in [5.74, 6) is 0.402. The van der Waals surface area contributed by atoms with E-state index in [0.717, 1.165) is 17.5 Å². The highest BCUT2D eigenvalue weighted by molar-refractivity contribution is 9.09. The Morgan fingerprint density at radius 1 is 1.05 bits per heavy atom. The third-order valence-electron chi connectivity index (χ3n) is 3.30. The van der Waals surface area contributed by atoms with Gasteiger partial charge in [-0.15, -0.1) is 0 Å². The third-order valence-corrected chi connectivity index (χ3v) is 3.86. The number of halogens is 1. The number of esters is 1. The number of carbonyl (C=O) groups excluding carboxylic acids is 1. The molecule has 1 aromatic carbocycles. The van der Waals surface area contributed by atoms with Gasteiger partial charge in [-0.1, -0.05) is 54.1 Å². The number of methoxy groups -OCH3 is 1. The zero-order valence-electron chi connectivity index (χ0n) is 12.8. The Balaban J connectivity index is 2.11. The van der Waals surface area contributed by atoms with Crippen molar-refractivity contribution in [3.63, 3.8) is 0 Å². The summed E-state index contributed by atoms with van der Waals surface area (Å²) in [7, 11) is 1.38. The Labute approximate surface area is 136 Å². The van der Waals surface area contributed by atoms with E-state index < -0.39 is 0 Å². The highest BCUT2D eigenvalue weighted by Gasteiger charge is 2.05. The highest BCUT2D eigenvalue weighted by Crippen LogP contribution is 2.15. The van der Waals surface area contributed by atoms with Crippen LogP contribution in [0.5, 0.6) is 5.75 Å². The summed E-state index contributed by atoms with van der Waals surface area (Å²) in [5.41, 5.74) is 0.529. The molecule has 0 saturated heterocycles. The van der Waals surface area contributed by atoms with E-state index in [2.05, 4.69) is 15.9 Å². The van der Waals surface area contributed by atoms with Crippen molar-refractivity contribution in [2.24, 2.45) is 0 Å². The van der Waals surface area contributed by atoms with E-state index >= 15 is 0 Å². The van der Waals surface area contributed by atoms with Crippen molar-refractivity contribution in [1.82, 2.24) is 0 Å². The molecule has 0 N–H and O–H groups in total. The molecule has 0 atom stereocenters. The van der Waals surface area contributed by atoms with Gasteiger partial charge >= 0.3 is 5.97 Å². The second-order valence-corrected chi connectivity index (χ2v) is 5.82. The normalized spacial score (nSPS) is 10.4. The topological polar surface area (TPSA) is 35.5 Å². The van der Waals surface area contributed by atoms with Crippen LogP contribution >= 0.6 is 15.9 Å². The molecule has 21 heavy (non-hydrogen) atoms. The fourth-order valence-electron chi connectivity index (χ4n) is 2.10. The van der Waals surface area contributed by atoms with Gasteiger partial charge in [0.2, 0.25) is 0 Å². The lowest BCUT2D eigenvalue weighted by Gasteiger charge is -2.07. The van der Waals surface area contributed by atoms with Crippen molar-refractivity contribution in [2.75, 3.05) is 19.0 Å². The van der Waals surface area contributed by atoms with E-state index in [1.807, 2.05) is 12.1 Å². The Morgan fingerprint density at radius 3 is 2.38 bits per heavy atom. The minimum absolute atomic E-state index is 0.330. The van der Waals surface area contributed by atoms with Gasteiger partial charge < -0.3 is 9.47 Å². The van der Waals surface area contributed by atoms with Crippen molar-refractivity contribution in [3.8, 4) is 5.75 Å². The molecule has 0 aliphatic carbocycles. The van der Waals surface area contributed by atoms with Crippen LogP contribution in [0.25, 0.3) is 0 Å². The molecular weight excluding hydrogens is 332 g/mol. The van der Waals surface area contributed by atoms with Gasteiger partial charge in [0.1, 0.15) is 5.75 Å². The lowest BCUT2D eigenvalue weighted by atomic mass is 10.1. The van der Waals surface area contributed by atoms with E-state index in [1.54, 1.807) is 12.1 Å². The molecule has 0 unspecified atom stereocenters. The maximum Gasteiger partial charge on any atom is 0.337 e. The van der Waals surface area contributed by atoms with Gasteiger partial charge in [0.25, 0.3) is 0 Å². The van der Waals surface area contributed by atoms with Crippen LogP contribution in [0.3, 0.4) is 0 Å². The average molecular weight is 357 g/mol. The summed E-state index contributed by atoms with van der Waals surface area (Å²) in [6, 6.07) is 7.13. The van der Waals surface area contributed by atoms with Gasteiger partial charge in [-0.25, -0.2) is 4.79 Å². The van der Waals surface area contributed by atoms with Crippen LogP contribution in [0.1, 0.15) is 55.3 Å². The first-order valence-electron chi connectivity index (χ1n) is 7.65. The van der Waals surface area contributed by atoms with Crippen LogP contribution < -0.4 is 4.74 Å². The molecule has 0 saturated carbocycles. The van der Waals surface area contributed by atoms with E-state index in [0.29, 0.717) is 12.2 Å².